The minimum absolute atomic E-state index is 0.171. The van der Waals surface area contributed by atoms with Crippen molar-refractivity contribution in [2.24, 2.45) is 0 Å². The van der Waals surface area contributed by atoms with Gasteiger partial charge in [0.05, 0.1) is 12.9 Å². The number of carbonyl (C=O) groups is 1. The molecule has 4 aromatic rings. The number of thioether (sulfide) groups is 1. The van der Waals surface area contributed by atoms with Gasteiger partial charge in [0.1, 0.15) is 10.8 Å². The summed E-state index contributed by atoms with van der Waals surface area (Å²) < 4.78 is 7.18. The molecule has 0 aliphatic heterocycles. The van der Waals surface area contributed by atoms with Crippen molar-refractivity contribution < 1.29 is 9.53 Å². The number of aromatic nitrogens is 5. The molecule has 4 rings (SSSR count). The van der Waals surface area contributed by atoms with Crippen LogP contribution in [0.4, 0.5) is 5.13 Å². The number of nitrogens with one attached hydrogen (secondary N) is 1. The Morgan fingerprint density at radius 3 is 2.44 bits per heavy atom. The smallest absolute Gasteiger partial charge is 0.236 e. The molecule has 1 N–H and O–H groups in total. The Labute approximate surface area is 194 Å². The molecule has 2 heterocycles. The lowest BCUT2D eigenvalue weighted by atomic mass is 10.1. The van der Waals surface area contributed by atoms with Crippen molar-refractivity contribution in [2.45, 2.75) is 25.5 Å². The van der Waals surface area contributed by atoms with Gasteiger partial charge in [0, 0.05) is 17.7 Å². The maximum Gasteiger partial charge on any atom is 0.236 e. The van der Waals surface area contributed by atoms with Crippen molar-refractivity contribution in [2.75, 3.05) is 18.2 Å². The third kappa shape index (κ3) is 4.97. The first-order valence-corrected chi connectivity index (χ1v) is 11.8. The molecule has 10 heteroatoms. The predicted octanol–water partition coefficient (Wildman–Crippen LogP) is 4.53. The van der Waals surface area contributed by atoms with Gasteiger partial charge in [-0.2, -0.15) is 0 Å². The fourth-order valence-corrected chi connectivity index (χ4v) is 4.57. The van der Waals surface area contributed by atoms with Crippen LogP contribution in [0.25, 0.3) is 22.0 Å². The first kappa shape index (κ1) is 22.0. The molecule has 0 spiro atoms. The van der Waals surface area contributed by atoms with Crippen molar-refractivity contribution in [3.63, 3.8) is 0 Å². The van der Waals surface area contributed by atoms with Crippen LogP contribution in [0.5, 0.6) is 5.75 Å². The Hall–Kier alpha value is -3.24. The summed E-state index contributed by atoms with van der Waals surface area (Å²) in [6, 6.07) is 15.7. The van der Waals surface area contributed by atoms with Gasteiger partial charge in [-0.3, -0.25) is 10.1 Å². The van der Waals surface area contributed by atoms with Crippen LogP contribution in [-0.2, 0) is 11.3 Å². The largest absolute Gasteiger partial charge is 0.497 e. The SMILES string of the molecule is CCn1c(SCC(=O)Nc2nnc(-c3ccc(OC)cc3)s2)nnc1-c1ccc(C)cc1. The van der Waals surface area contributed by atoms with Crippen LogP contribution < -0.4 is 10.1 Å². The number of amides is 1. The van der Waals surface area contributed by atoms with E-state index in [4.69, 9.17) is 4.74 Å². The third-order valence-corrected chi connectivity index (χ3v) is 6.54. The Bertz CT molecular complexity index is 1200. The van der Waals surface area contributed by atoms with E-state index in [1.54, 1.807) is 7.11 Å². The summed E-state index contributed by atoms with van der Waals surface area (Å²) in [6.07, 6.45) is 0. The molecule has 32 heavy (non-hydrogen) atoms. The molecule has 2 aromatic heterocycles. The van der Waals surface area contributed by atoms with Gasteiger partial charge >= 0.3 is 0 Å². The van der Waals surface area contributed by atoms with Crippen LogP contribution >= 0.6 is 23.1 Å². The van der Waals surface area contributed by atoms with Gasteiger partial charge in [0.15, 0.2) is 11.0 Å². The maximum absolute atomic E-state index is 12.5. The fraction of sp³-hybridized carbons (Fsp3) is 0.227. The highest BCUT2D eigenvalue weighted by molar-refractivity contribution is 7.99. The highest BCUT2D eigenvalue weighted by atomic mass is 32.2. The summed E-state index contributed by atoms with van der Waals surface area (Å²) in [6.45, 7) is 4.79. The normalized spacial score (nSPS) is 10.8. The number of aryl methyl sites for hydroxylation is 1. The lowest BCUT2D eigenvalue weighted by molar-refractivity contribution is -0.113. The zero-order valence-electron chi connectivity index (χ0n) is 17.9. The second-order valence-electron chi connectivity index (χ2n) is 6.89. The second kappa shape index (κ2) is 9.92. The number of hydrogen-bond acceptors (Lipinski definition) is 8. The topological polar surface area (TPSA) is 94.8 Å². The van der Waals surface area contributed by atoms with Crippen molar-refractivity contribution in [3.05, 3.63) is 54.1 Å². The molecule has 0 atom stereocenters. The summed E-state index contributed by atoms with van der Waals surface area (Å²) >= 11 is 2.67. The average Bonchev–Trinajstić information content (AvgIpc) is 3.45. The summed E-state index contributed by atoms with van der Waals surface area (Å²) in [7, 11) is 1.62. The number of methoxy groups -OCH3 is 1. The van der Waals surface area contributed by atoms with E-state index in [2.05, 4.69) is 25.7 Å². The molecular weight excluding hydrogens is 444 g/mol. The van der Waals surface area contributed by atoms with Crippen LogP contribution in [0, 0.1) is 6.92 Å². The van der Waals surface area contributed by atoms with E-state index in [-0.39, 0.29) is 11.7 Å². The van der Waals surface area contributed by atoms with Crippen molar-refractivity contribution in [1.29, 1.82) is 0 Å². The van der Waals surface area contributed by atoms with Gasteiger partial charge in [-0.25, -0.2) is 0 Å². The number of benzene rings is 2. The van der Waals surface area contributed by atoms with Crippen LogP contribution in [0.2, 0.25) is 0 Å². The number of anilines is 1. The molecule has 0 radical (unpaired) electrons. The van der Waals surface area contributed by atoms with Gasteiger partial charge < -0.3 is 9.30 Å². The van der Waals surface area contributed by atoms with Gasteiger partial charge in [-0.05, 0) is 38.1 Å². The molecule has 0 saturated carbocycles. The number of carbonyl (C=O) groups excluding carboxylic acids is 1. The van der Waals surface area contributed by atoms with Crippen LogP contribution in [0.1, 0.15) is 12.5 Å². The summed E-state index contributed by atoms with van der Waals surface area (Å²) in [5.74, 6) is 1.59. The molecule has 0 aliphatic carbocycles. The Morgan fingerprint density at radius 2 is 1.75 bits per heavy atom. The first-order chi connectivity index (χ1) is 15.6. The van der Waals surface area contributed by atoms with Crippen LogP contribution in [0.3, 0.4) is 0 Å². The molecular formula is C22H22N6O2S2. The van der Waals surface area contributed by atoms with E-state index < -0.39 is 0 Å². The number of rotatable bonds is 8. The van der Waals surface area contributed by atoms with Gasteiger partial charge in [0.2, 0.25) is 11.0 Å². The highest BCUT2D eigenvalue weighted by Gasteiger charge is 2.16. The molecule has 0 unspecified atom stereocenters. The lowest BCUT2D eigenvalue weighted by Crippen LogP contribution is -2.14. The molecule has 1 amide bonds. The summed E-state index contributed by atoms with van der Waals surface area (Å²) in [5.41, 5.74) is 3.11. The molecule has 8 nitrogen and oxygen atoms in total. The van der Waals surface area contributed by atoms with Crippen LogP contribution in [0.15, 0.2) is 53.7 Å². The first-order valence-electron chi connectivity index (χ1n) is 9.98. The zero-order valence-corrected chi connectivity index (χ0v) is 19.5. The van der Waals surface area contributed by atoms with E-state index in [0.29, 0.717) is 16.8 Å². The van der Waals surface area contributed by atoms with E-state index >= 15 is 0 Å². The van der Waals surface area contributed by atoms with Gasteiger partial charge in [-0.1, -0.05) is 52.9 Å². The molecule has 164 valence electrons. The molecule has 0 fully saturated rings. The van der Waals surface area contributed by atoms with E-state index in [0.717, 1.165) is 27.7 Å². The molecule has 0 bridgehead atoms. The fourth-order valence-electron chi connectivity index (χ4n) is 3.01. The number of ether oxygens (including phenoxy) is 1. The summed E-state index contributed by atoms with van der Waals surface area (Å²) in [4.78, 5) is 12.5. The predicted molar refractivity (Wildman–Crippen MR) is 127 cm³/mol. The maximum atomic E-state index is 12.5. The molecule has 2 aromatic carbocycles. The van der Waals surface area contributed by atoms with Crippen molar-refractivity contribution in [3.8, 4) is 27.7 Å². The summed E-state index contributed by atoms with van der Waals surface area (Å²) in [5, 5.41) is 21.5. The Morgan fingerprint density at radius 1 is 1.03 bits per heavy atom. The molecule has 0 aliphatic rings. The van der Waals surface area contributed by atoms with E-state index in [1.807, 2.05) is 66.9 Å². The highest BCUT2D eigenvalue weighted by Crippen LogP contribution is 2.28. The standard InChI is InChI=1S/C22H22N6O2S2/c1-4-28-19(15-7-5-14(2)6-8-15)24-27-22(28)31-13-18(29)23-21-26-25-20(32-21)16-9-11-17(30-3)12-10-16/h5-12H,4,13H2,1-3H3,(H,23,26,29). The Kier molecular flexibility index (Phi) is 6.81. The minimum Gasteiger partial charge on any atom is -0.497 e. The van der Waals surface area contributed by atoms with Crippen LogP contribution in [-0.4, -0.2) is 43.7 Å². The quantitative estimate of drug-likeness (QED) is 0.381. The third-order valence-electron chi connectivity index (χ3n) is 4.68. The average molecular weight is 467 g/mol. The number of hydrogen-bond donors (Lipinski definition) is 1. The monoisotopic (exact) mass is 466 g/mol. The zero-order chi connectivity index (χ0) is 22.5. The van der Waals surface area contributed by atoms with E-state index in [1.165, 1.54) is 28.7 Å². The van der Waals surface area contributed by atoms with Gasteiger partial charge in [0.25, 0.3) is 0 Å². The molecule has 0 saturated heterocycles. The van der Waals surface area contributed by atoms with Gasteiger partial charge in [-0.15, -0.1) is 20.4 Å². The number of nitrogens with zero attached hydrogens (tertiary/aromatic N) is 5. The van der Waals surface area contributed by atoms with E-state index in [9.17, 15) is 4.79 Å². The Balaban J connectivity index is 1.38. The van der Waals surface area contributed by atoms with Crippen molar-refractivity contribution >= 4 is 34.1 Å². The minimum atomic E-state index is -0.171. The van der Waals surface area contributed by atoms with Crippen molar-refractivity contribution in [1.82, 2.24) is 25.0 Å². The second-order valence-corrected chi connectivity index (χ2v) is 8.81. The lowest BCUT2D eigenvalue weighted by Gasteiger charge is -2.07.